The number of aromatic nitrogens is 2. The van der Waals surface area contributed by atoms with Gasteiger partial charge in [0.25, 0.3) is 0 Å². The molecule has 0 spiro atoms. The second kappa shape index (κ2) is 5.03. The van der Waals surface area contributed by atoms with E-state index in [-0.39, 0.29) is 16.7 Å². The normalized spacial score (nSPS) is 20.2. The Morgan fingerprint density at radius 2 is 2.00 bits per heavy atom. The summed E-state index contributed by atoms with van der Waals surface area (Å²) in [5.74, 6) is 0.642. The maximum absolute atomic E-state index is 13.6. The van der Waals surface area contributed by atoms with Crippen molar-refractivity contribution in [1.29, 1.82) is 0 Å². The predicted molar refractivity (Wildman–Crippen MR) is 80.7 cm³/mol. The largest absolute Gasteiger partial charge is 0.321 e. The van der Waals surface area contributed by atoms with E-state index in [0.29, 0.717) is 0 Å². The number of fused-ring (bicyclic) bond motifs is 1. The smallest absolute Gasteiger partial charge is 0.128 e. The van der Waals surface area contributed by atoms with Crippen molar-refractivity contribution in [2.75, 3.05) is 0 Å². The van der Waals surface area contributed by atoms with Crippen LogP contribution in [0.5, 0.6) is 0 Å². The first-order chi connectivity index (χ1) is 9.51. The first-order valence-corrected chi connectivity index (χ1v) is 7.77. The van der Waals surface area contributed by atoms with Gasteiger partial charge in [0.05, 0.1) is 16.4 Å². The molecule has 0 radical (unpaired) electrons. The van der Waals surface area contributed by atoms with Crippen molar-refractivity contribution in [2.24, 2.45) is 0 Å². The Morgan fingerprint density at radius 3 is 2.65 bits per heavy atom. The maximum atomic E-state index is 13.6. The SMILES string of the molecule is CC(Cl)c1nc2ccc(F)cc2n1C1(C)CCCCC1. The topological polar surface area (TPSA) is 17.8 Å². The summed E-state index contributed by atoms with van der Waals surface area (Å²) in [4.78, 5) is 4.64. The lowest BCUT2D eigenvalue weighted by Gasteiger charge is -2.37. The van der Waals surface area contributed by atoms with E-state index >= 15 is 0 Å². The van der Waals surface area contributed by atoms with E-state index in [0.717, 1.165) is 29.7 Å². The van der Waals surface area contributed by atoms with Gasteiger partial charge < -0.3 is 4.57 Å². The molecule has 1 unspecified atom stereocenters. The number of imidazole rings is 1. The summed E-state index contributed by atoms with van der Waals surface area (Å²) in [6.45, 7) is 4.18. The standard InChI is InChI=1S/C16H20ClFN2/c1-11(17)15-19-13-7-6-12(18)10-14(13)20(15)16(2)8-4-3-5-9-16/h6-7,10-11H,3-5,8-9H2,1-2H3. The van der Waals surface area contributed by atoms with Crippen molar-refractivity contribution in [1.82, 2.24) is 9.55 Å². The molecule has 1 atom stereocenters. The summed E-state index contributed by atoms with van der Waals surface area (Å²) in [6.07, 6.45) is 5.91. The van der Waals surface area contributed by atoms with Crippen LogP contribution >= 0.6 is 11.6 Å². The van der Waals surface area contributed by atoms with Gasteiger partial charge in [0.2, 0.25) is 0 Å². The fourth-order valence-electron chi connectivity index (χ4n) is 3.44. The van der Waals surface area contributed by atoms with Gasteiger partial charge in [-0.2, -0.15) is 0 Å². The molecule has 1 saturated carbocycles. The fraction of sp³-hybridized carbons (Fsp3) is 0.562. The van der Waals surface area contributed by atoms with Gasteiger partial charge in [0.1, 0.15) is 11.6 Å². The van der Waals surface area contributed by atoms with Crippen LogP contribution in [0.1, 0.15) is 57.2 Å². The zero-order valence-electron chi connectivity index (χ0n) is 12.0. The molecule has 20 heavy (non-hydrogen) atoms. The molecule has 0 aliphatic heterocycles. The second-order valence-corrected chi connectivity index (χ2v) is 6.77. The van der Waals surface area contributed by atoms with Gasteiger partial charge in [-0.1, -0.05) is 19.3 Å². The van der Waals surface area contributed by atoms with Gasteiger partial charge in [0.15, 0.2) is 0 Å². The number of rotatable bonds is 2. The van der Waals surface area contributed by atoms with E-state index in [4.69, 9.17) is 11.6 Å². The molecule has 0 amide bonds. The third-order valence-corrected chi connectivity index (χ3v) is 4.66. The van der Waals surface area contributed by atoms with Crippen molar-refractivity contribution >= 4 is 22.6 Å². The molecule has 1 heterocycles. The molecule has 2 nitrogen and oxygen atoms in total. The Kier molecular flexibility index (Phi) is 3.49. The summed E-state index contributed by atoms with van der Waals surface area (Å²) in [5, 5.41) is -0.177. The van der Waals surface area contributed by atoms with Crippen LogP contribution in [0.3, 0.4) is 0 Å². The van der Waals surface area contributed by atoms with Crippen LogP contribution in [0.2, 0.25) is 0 Å². The number of hydrogen-bond acceptors (Lipinski definition) is 1. The number of benzene rings is 1. The zero-order chi connectivity index (χ0) is 14.3. The van der Waals surface area contributed by atoms with Crippen LogP contribution in [0.4, 0.5) is 4.39 Å². The van der Waals surface area contributed by atoms with E-state index in [1.165, 1.54) is 25.3 Å². The highest BCUT2D eigenvalue weighted by Crippen LogP contribution is 2.40. The van der Waals surface area contributed by atoms with Crippen LogP contribution in [-0.2, 0) is 5.54 Å². The summed E-state index contributed by atoms with van der Waals surface area (Å²) in [5.41, 5.74) is 1.71. The van der Waals surface area contributed by atoms with E-state index in [1.807, 2.05) is 6.92 Å². The van der Waals surface area contributed by atoms with Crippen LogP contribution in [0.15, 0.2) is 18.2 Å². The number of hydrogen-bond donors (Lipinski definition) is 0. The summed E-state index contributed by atoms with van der Waals surface area (Å²) in [7, 11) is 0. The summed E-state index contributed by atoms with van der Waals surface area (Å²) in [6, 6.07) is 4.80. The molecule has 108 valence electrons. The number of halogens is 2. The molecular formula is C16H20ClFN2. The first kappa shape index (κ1) is 13.9. The number of nitrogens with zero attached hydrogens (tertiary/aromatic N) is 2. The van der Waals surface area contributed by atoms with Crippen molar-refractivity contribution in [2.45, 2.75) is 56.9 Å². The van der Waals surface area contributed by atoms with Crippen LogP contribution in [0, 0.1) is 5.82 Å². The lowest BCUT2D eigenvalue weighted by molar-refractivity contribution is 0.219. The average Bonchev–Trinajstić information content (AvgIpc) is 2.79. The molecule has 1 aliphatic rings. The predicted octanol–water partition coefficient (Wildman–Crippen LogP) is 5.15. The molecule has 4 heteroatoms. The van der Waals surface area contributed by atoms with Gasteiger partial charge in [-0.05, 0) is 44.9 Å². The Hall–Kier alpha value is -1.09. The Balaban J connectivity index is 2.25. The minimum atomic E-state index is -0.216. The van der Waals surface area contributed by atoms with E-state index in [9.17, 15) is 4.39 Å². The van der Waals surface area contributed by atoms with E-state index in [1.54, 1.807) is 12.1 Å². The Bertz CT molecular complexity index is 627. The van der Waals surface area contributed by atoms with Crippen LogP contribution in [-0.4, -0.2) is 9.55 Å². The van der Waals surface area contributed by atoms with Gasteiger partial charge in [0, 0.05) is 5.54 Å². The molecule has 3 rings (SSSR count). The van der Waals surface area contributed by atoms with Gasteiger partial charge in [-0.25, -0.2) is 9.37 Å². The lowest BCUT2D eigenvalue weighted by atomic mass is 9.82. The maximum Gasteiger partial charge on any atom is 0.128 e. The van der Waals surface area contributed by atoms with Crippen molar-refractivity contribution in [3.05, 3.63) is 29.8 Å². The molecule has 1 aromatic heterocycles. The molecule has 1 aliphatic carbocycles. The minimum absolute atomic E-state index is 0.000718. The highest BCUT2D eigenvalue weighted by molar-refractivity contribution is 6.20. The van der Waals surface area contributed by atoms with Crippen LogP contribution < -0.4 is 0 Å². The lowest BCUT2D eigenvalue weighted by Crippen LogP contribution is -2.34. The van der Waals surface area contributed by atoms with E-state index < -0.39 is 0 Å². The molecule has 0 bridgehead atoms. The fourth-order valence-corrected chi connectivity index (χ4v) is 3.58. The number of alkyl halides is 1. The van der Waals surface area contributed by atoms with Gasteiger partial charge in [-0.3, -0.25) is 0 Å². The summed E-state index contributed by atoms with van der Waals surface area (Å²) < 4.78 is 15.8. The highest BCUT2D eigenvalue weighted by Gasteiger charge is 2.33. The Labute approximate surface area is 123 Å². The average molecular weight is 295 g/mol. The van der Waals surface area contributed by atoms with E-state index in [2.05, 4.69) is 16.5 Å². The molecule has 2 aromatic rings. The molecule has 1 fully saturated rings. The van der Waals surface area contributed by atoms with Crippen molar-refractivity contribution in [3.8, 4) is 0 Å². The quantitative estimate of drug-likeness (QED) is 0.700. The molecular weight excluding hydrogens is 275 g/mol. The first-order valence-electron chi connectivity index (χ1n) is 7.34. The zero-order valence-corrected chi connectivity index (χ0v) is 12.8. The third-order valence-electron chi connectivity index (χ3n) is 4.47. The molecule has 0 saturated heterocycles. The Morgan fingerprint density at radius 1 is 1.30 bits per heavy atom. The monoisotopic (exact) mass is 294 g/mol. The van der Waals surface area contributed by atoms with Gasteiger partial charge >= 0.3 is 0 Å². The van der Waals surface area contributed by atoms with Gasteiger partial charge in [-0.15, -0.1) is 11.6 Å². The van der Waals surface area contributed by atoms with Crippen molar-refractivity contribution in [3.63, 3.8) is 0 Å². The second-order valence-electron chi connectivity index (χ2n) is 6.11. The van der Waals surface area contributed by atoms with Crippen LogP contribution in [0.25, 0.3) is 11.0 Å². The minimum Gasteiger partial charge on any atom is -0.321 e. The van der Waals surface area contributed by atoms with Crippen molar-refractivity contribution < 1.29 is 4.39 Å². The highest BCUT2D eigenvalue weighted by atomic mass is 35.5. The summed E-state index contributed by atoms with van der Waals surface area (Å²) >= 11 is 6.32. The third kappa shape index (κ3) is 2.22. The molecule has 0 N–H and O–H groups in total. The molecule has 1 aromatic carbocycles.